The summed E-state index contributed by atoms with van der Waals surface area (Å²) in [5.74, 6) is -0.282. The molecule has 0 bridgehead atoms. The van der Waals surface area contributed by atoms with Gasteiger partial charge in [-0.05, 0) is 6.07 Å². The number of non-ortho nitro benzene ring substituents is 1. The predicted octanol–water partition coefficient (Wildman–Crippen LogP) is 2.52. The van der Waals surface area contributed by atoms with Crippen molar-refractivity contribution in [2.24, 2.45) is 0 Å². The maximum atomic E-state index is 12.1. The molecule has 0 atom stereocenters. The van der Waals surface area contributed by atoms with Crippen LogP contribution in [0.2, 0.25) is 0 Å². The van der Waals surface area contributed by atoms with Crippen LogP contribution in [-0.4, -0.2) is 15.7 Å². The number of hydrogen-bond acceptors (Lipinski definition) is 6. The number of carbonyl (C=O) groups excluding carboxylic acids is 1. The first-order valence-corrected chi connectivity index (χ1v) is 6.71. The van der Waals surface area contributed by atoms with Crippen LogP contribution in [0.4, 0.5) is 5.69 Å². The first kappa shape index (κ1) is 14.6. The number of benzene rings is 2. The standard InChI is InChI=1S/C16H10N2O5/c19-14(10-4-2-1-3-5-10)9-13-16(20)23-15-7-6-11(18(21)22)8-12(15)17-13/h1-8H,9H2. The molecule has 0 amide bonds. The minimum absolute atomic E-state index is 0.0770. The molecule has 3 aromatic rings. The molecule has 0 aliphatic rings. The van der Waals surface area contributed by atoms with Crippen LogP contribution >= 0.6 is 0 Å². The predicted molar refractivity (Wildman–Crippen MR) is 81.4 cm³/mol. The second kappa shape index (κ2) is 5.80. The number of ketones is 1. The van der Waals surface area contributed by atoms with Crippen molar-refractivity contribution in [3.8, 4) is 0 Å². The molecule has 7 nitrogen and oxygen atoms in total. The third kappa shape index (κ3) is 2.98. The highest BCUT2D eigenvalue weighted by atomic mass is 16.6. The van der Waals surface area contributed by atoms with Gasteiger partial charge in [0.25, 0.3) is 5.69 Å². The Morgan fingerprint density at radius 3 is 2.61 bits per heavy atom. The number of aromatic nitrogens is 1. The molecule has 0 aliphatic carbocycles. The van der Waals surface area contributed by atoms with Gasteiger partial charge in [-0.3, -0.25) is 14.9 Å². The number of Topliss-reactive ketones (excluding diaryl/α,β-unsaturated/α-hetero) is 1. The summed E-state index contributed by atoms with van der Waals surface area (Å²) in [5.41, 5.74) is -0.222. The van der Waals surface area contributed by atoms with E-state index >= 15 is 0 Å². The Morgan fingerprint density at radius 2 is 1.91 bits per heavy atom. The molecule has 114 valence electrons. The molecule has 0 radical (unpaired) electrons. The number of nitro benzene ring substituents is 1. The van der Waals surface area contributed by atoms with Gasteiger partial charge in [-0.2, -0.15) is 0 Å². The summed E-state index contributed by atoms with van der Waals surface area (Å²) in [4.78, 5) is 38.3. The van der Waals surface area contributed by atoms with Crippen molar-refractivity contribution in [3.05, 3.63) is 80.3 Å². The van der Waals surface area contributed by atoms with Crippen molar-refractivity contribution in [3.63, 3.8) is 0 Å². The second-order valence-corrected chi connectivity index (χ2v) is 4.82. The summed E-state index contributed by atoms with van der Waals surface area (Å²) in [5, 5.41) is 10.8. The number of fused-ring (bicyclic) bond motifs is 1. The number of hydrogen-bond donors (Lipinski definition) is 0. The maximum Gasteiger partial charge on any atom is 0.358 e. The smallest absolute Gasteiger partial charge is 0.358 e. The number of nitrogens with zero attached hydrogens (tertiary/aromatic N) is 2. The van der Waals surface area contributed by atoms with Gasteiger partial charge >= 0.3 is 5.63 Å². The minimum atomic E-state index is -0.726. The van der Waals surface area contributed by atoms with Crippen LogP contribution in [0, 0.1) is 10.1 Å². The molecule has 0 N–H and O–H groups in total. The van der Waals surface area contributed by atoms with E-state index in [9.17, 15) is 19.7 Å². The van der Waals surface area contributed by atoms with Gasteiger partial charge in [0.1, 0.15) is 11.2 Å². The summed E-state index contributed by atoms with van der Waals surface area (Å²) < 4.78 is 5.07. The molecule has 0 spiro atoms. The highest BCUT2D eigenvalue weighted by Crippen LogP contribution is 2.18. The average molecular weight is 310 g/mol. The van der Waals surface area contributed by atoms with Crippen LogP contribution in [-0.2, 0) is 6.42 Å². The van der Waals surface area contributed by atoms with Gasteiger partial charge in [-0.25, -0.2) is 9.78 Å². The number of rotatable bonds is 4. The molecule has 1 aromatic heterocycles. The van der Waals surface area contributed by atoms with E-state index in [1.807, 2.05) is 0 Å². The lowest BCUT2D eigenvalue weighted by Gasteiger charge is -2.02. The van der Waals surface area contributed by atoms with Crippen LogP contribution in [0.25, 0.3) is 11.1 Å². The van der Waals surface area contributed by atoms with Gasteiger partial charge in [-0.15, -0.1) is 0 Å². The van der Waals surface area contributed by atoms with E-state index in [0.29, 0.717) is 5.56 Å². The fraction of sp³-hybridized carbons (Fsp3) is 0.0625. The normalized spacial score (nSPS) is 10.6. The maximum absolute atomic E-state index is 12.1. The average Bonchev–Trinajstić information content (AvgIpc) is 2.55. The van der Waals surface area contributed by atoms with Crippen LogP contribution in [0.3, 0.4) is 0 Å². The zero-order valence-corrected chi connectivity index (χ0v) is 11.8. The van der Waals surface area contributed by atoms with Gasteiger partial charge in [0.05, 0.1) is 11.3 Å². The summed E-state index contributed by atoms with van der Waals surface area (Å²) in [6.45, 7) is 0. The quantitative estimate of drug-likeness (QED) is 0.416. The SMILES string of the molecule is O=C(Cc1nc2cc([N+](=O)[O-])ccc2oc1=O)c1ccccc1. The number of carbonyl (C=O) groups is 1. The lowest BCUT2D eigenvalue weighted by Crippen LogP contribution is -2.15. The van der Waals surface area contributed by atoms with Gasteiger partial charge in [0.15, 0.2) is 11.4 Å². The van der Waals surface area contributed by atoms with E-state index in [-0.39, 0.29) is 34.7 Å². The van der Waals surface area contributed by atoms with Crippen LogP contribution < -0.4 is 5.63 Å². The molecule has 2 aromatic carbocycles. The fourth-order valence-corrected chi connectivity index (χ4v) is 2.13. The molecule has 0 saturated heterocycles. The van der Waals surface area contributed by atoms with Crippen LogP contribution in [0.5, 0.6) is 0 Å². The lowest BCUT2D eigenvalue weighted by molar-refractivity contribution is -0.384. The molecular weight excluding hydrogens is 300 g/mol. The van der Waals surface area contributed by atoms with Crippen molar-refractivity contribution in [1.82, 2.24) is 4.98 Å². The van der Waals surface area contributed by atoms with E-state index in [1.54, 1.807) is 30.3 Å². The van der Waals surface area contributed by atoms with Gasteiger partial charge in [0.2, 0.25) is 0 Å². The zero-order valence-electron chi connectivity index (χ0n) is 11.8. The highest BCUT2D eigenvalue weighted by Gasteiger charge is 2.15. The Kier molecular flexibility index (Phi) is 3.68. The topological polar surface area (TPSA) is 103 Å². The second-order valence-electron chi connectivity index (χ2n) is 4.82. The van der Waals surface area contributed by atoms with Crippen molar-refractivity contribution in [2.45, 2.75) is 6.42 Å². The molecule has 0 aliphatic heterocycles. The van der Waals surface area contributed by atoms with Gasteiger partial charge < -0.3 is 4.42 Å². The molecule has 0 unspecified atom stereocenters. The van der Waals surface area contributed by atoms with Crippen LogP contribution in [0.15, 0.2) is 57.7 Å². The Labute approximate surface area is 129 Å². The molecule has 0 saturated carbocycles. The summed E-state index contributed by atoms with van der Waals surface area (Å²) in [6, 6.07) is 12.2. The minimum Gasteiger partial charge on any atom is -0.420 e. The van der Waals surface area contributed by atoms with E-state index in [2.05, 4.69) is 4.98 Å². The summed E-state index contributed by atoms with van der Waals surface area (Å²) in [6.07, 6.45) is -0.231. The summed E-state index contributed by atoms with van der Waals surface area (Å²) in [7, 11) is 0. The van der Waals surface area contributed by atoms with Crippen molar-refractivity contribution >= 4 is 22.6 Å². The van der Waals surface area contributed by atoms with Crippen molar-refractivity contribution in [1.29, 1.82) is 0 Å². The fourth-order valence-electron chi connectivity index (χ4n) is 2.13. The van der Waals surface area contributed by atoms with Crippen molar-refractivity contribution in [2.75, 3.05) is 0 Å². The highest BCUT2D eigenvalue weighted by molar-refractivity contribution is 5.97. The Morgan fingerprint density at radius 1 is 1.17 bits per heavy atom. The zero-order chi connectivity index (χ0) is 16.4. The molecular formula is C16H10N2O5. The third-order valence-corrected chi connectivity index (χ3v) is 3.27. The van der Waals surface area contributed by atoms with E-state index < -0.39 is 10.5 Å². The van der Waals surface area contributed by atoms with Gasteiger partial charge in [0, 0.05) is 17.7 Å². The molecule has 3 rings (SSSR count). The Bertz CT molecular complexity index is 963. The molecule has 1 heterocycles. The largest absolute Gasteiger partial charge is 0.420 e. The van der Waals surface area contributed by atoms with E-state index in [0.717, 1.165) is 0 Å². The molecule has 0 fully saturated rings. The summed E-state index contributed by atoms with van der Waals surface area (Å²) >= 11 is 0. The van der Waals surface area contributed by atoms with Crippen molar-refractivity contribution < 1.29 is 14.1 Å². The third-order valence-electron chi connectivity index (χ3n) is 3.27. The Hall–Kier alpha value is -3.35. The first-order valence-electron chi connectivity index (χ1n) is 6.71. The first-order chi connectivity index (χ1) is 11.0. The Balaban J connectivity index is 2.00. The molecule has 7 heteroatoms. The monoisotopic (exact) mass is 310 g/mol. The van der Waals surface area contributed by atoms with Crippen LogP contribution in [0.1, 0.15) is 16.1 Å². The van der Waals surface area contributed by atoms with E-state index in [1.165, 1.54) is 18.2 Å². The molecule has 23 heavy (non-hydrogen) atoms. The van der Waals surface area contributed by atoms with E-state index in [4.69, 9.17) is 4.42 Å². The number of nitro groups is 1. The lowest BCUT2D eigenvalue weighted by atomic mass is 10.1. The van der Waals surface area contributed by atoms with Gasteiger partial charge in [-0.1, -0.05) is 30.3 Å².